The van der Waals surface area contributed by atoms with E-state index < -0.39 is 5.54 Å². The third kappa shape index (κ3) is 5.14. The first-order valence-electron chi connectivity index (χ1n) is 5.65. The van der Waals surface area contributed by atoms with Gasteiger partial charge >= 0.3 is 0 Å². The number of aliphatic hydroxyl groups is 1. The molecule has 0 unspecified atom stereocenters. The van der Waals surface area contributed by atoms with Gasteiger partial charge in [-0.2, -0.15) is 0 Å². The van der Waals surface area contributed by atoms with E-state index in [-0.39, 0.29) is 12.5 Å². The average Bonchev–Trinajstić information content (AvgIpc) is 2.23. The standard InChI is InChI=1S/C11H24N2O2/c1-5-11(6-2,8-14)13-10(15)7-12-9(3)4/h9,12,14H,5-8H2,1-4H3,(H,13,15). The Morgan fingerprint density at radius 1 is 1.33 bits per heavy atom. The van der Waals surface area contributed by atoms with Gasteiger partial charge in [0, 0.05) is 6.04 Å². The minimum atomic E-state index is -0.449. The molecule has 0 aliphatic heterocycles. The SMILES string of the molecule is CCC(CC)(CO)NC(=O)CNC(C)C. The number of amides is 1. The Kier molecular flexibility index (Phi) is 6.52. The summed E-state index contributed by atoms with van der Waals surface area (Å²) in [6, 6.07) is 0.294. The molecule has 0 bridgehead atoms. The maximum absolute atomic E-state index is 11.6. The molecule has 0 aromatic rings. The first-order valence-corrected chi connectivity index (χ1v) is 5.65. The first kappa shape index (κ1) is 14.4. The molecule has 15 heavy (non-hydrogen) atoms. The summed E-state index contributed by atoms with van der Waals surface area (Å²) in [6.07, 6.45) is 1.49. The van der Waals surface area contributed by atoms with E-state index in [0.717, 1.165) is 12.8 Å². The third-order valence-corrected chi connectivity index (χ3v) is 2.73. The van der Waals surface area contributed by atoms with Gasteiger partial charge in [0.2, 0.25) is 5.91 Å². The van der Waals surface area contributed by atoms with E-state index in [1.165, 1.54) is 0 Å². The molecule has 0 aromatic heterocycles. The Morgan fingerprint density at radius 3 is 2.20 bits per heavy atom. The molecule has 3 N–H and O–H groups in total. The minimum absolute atomic E-state index is 0.00653. The molecule has 1 amide bonds. The summed E-state index contributed by atoms with van der Waals surface area (Å²) in [5.74, 6) is -0.0542. The van der Waals surface area contributed by atoms with Crippen molar-refractivity contribution in [3.8, 4) is 0 Å². The van der Waals surface area contributed by atoms with Gasteiger partial charge in [-0.25, -0.2) is 0 Å². The zero-order valence-electron chi connectivity index (χ0n) is 10.3. The predicted octanol–water partition coefficient (Wildman–Crippen LogP) is 0.652. The van der Waals surface area contributed by atoms with Crippen LogP contribution in [0.25, 0.3) is 0 Å². The zero-order valence-corrected chi connectivity index (χ0v) is 10.3. The van der Waals surface area contributed by atoms with Gasteiger partial charge in [0.05, 0.1) is 18.7 Å². The summed E-state index contributed by atoms with van der Waals surface area (Å²) in [4.78, 5) is 11.6. The number of nitrogens with one attached hydrogen (secondary N) is 2. The number of hydrogen-bond acceptors (Lipinski definition) is 3. The lowest BCUT2D eigenvalue weighted by molar-refractivity contribution is -0.123. The largest absolute Gasteiger partial charge is 0.394 e. The quantitative estimate of drug-likeness (QED) is 0.585. The summed E-state index contributed by atoms with van der Waals surface area (Å²) in [5.41, 5.74) is -0.449. The van der Waals surface area contributed by atoms with Gasteiger partial charge in [-0.15, -0.1) is 0 Å². The number of hydrogen-bond donors (Lipinski definition) is 3. The van der Waals surface area contributed by atoms with Gasteiger partial charge in [-0.05, 0) is 12.8 Å². The minimum Gasteiger partial charge on any atom is -0.394 e. The Labute approximate surface area is 92.4 Å². The molecule has 0 saturated heterocycles. The second-order valence-electron chi connectivity index (χ2n) is 4.23. The monoisotopic (exact) mass is 216 g/mol. The van der Waals surface area contributed by atoms with Gasteiger partial charge in [0.15, 0.2) is 0 Å². The molecule has 90 valence electrons. The summed E-state index contributed by atoms with van der Waals surface area (Å²) in [5, 5.41) is 15.2. The number of carbonyl (C=O) groups is 1. The van der Waals surface area contributed by atoms with Gasteiger partial charge in [-0.3, -0.25) is 4.79 Å². The van der Waals surface area contributed by atoms with Crippen LogP contribution in [0.2, 0.25) is 0 Å². The average molecular weight is 216 g/mol. The van der Waals surface area contributed by atoms with Crippen molar-refractivity contribution in [1.29, 1.82) is 0 Å². The second kappa shape index (κ2) is 6.80. The lowest BCUT2D eigenvalue weighted by Gasteiger charge is -2.30. The first-order chi connectivity index (χ1) is 6.99. The molecule has 4 heteroatoms. The molecule has 0 atom stereocenters. The van der Waals surface area contributed by atoms with Crippen LogP contribution in [0, 0.1) is 0 Å². The lowest BCUT2D eigenvalue weighted by Crippen LogP contribution is -2.53. The number of aliphatic hydroxyl groups excluding tert-OH is 1. The Morgan fingerprint density at radius 2 is 1.87 bits per heavy atom. The van der Waals surface area contributed by atoms with Gasteiger partial charge < -0.3 is 15.7 Å². The van der Waals surface area contributed by atoms with E-state index in [1.807, 2.05) is 27.7 Å². The summed E-state index contributed by atoms with van der Waals surface area (Å²) < 4.78 is 0. The molecule has 0 rings (SSSR count). The molecule has 0 aliphatic rings. The fourth-order valence-electron chi connectivity index (χ4n) is 1.33. The van der Waals surface area contributed by atoms with Crippen molar-refractivity contribution < 1.29 is 9.90 Å². The van der Waals surface area contributed by atoms with E-state index in [1.54, 1.807) is 0 Å². The third-order valence-electron chi connectivity index (χ3n) is 2.73. The lowest BCUT2D eigenvalue weighted by atomic mass is 9.94. The smallest absolute Gasteiger partial charge is 0.234 e. The topological polar surface area (TPSA) is 61.4 Å². The van der Waals surface area contributed by atoms with Crippen molar-refractivity contribution in [3.63, 3.8) is 0 Å². The normalized spacial score (nSPS) is 11.9. The highest BCUT2D eigenvalue weighted by molar-refractivity contribution is 5.78. The molecular weight excluding hydrogens is 192 g/mol. The summed E-state index contributed by atoms with van der Waals surface area (Å²) in [6.45, 7) is 8.22. The van der Waals surface area contributed by atoms with Crippen molar-refractivity contribution in [3.05, 3.63) is 0 Å². The highest BCUT2D eigenvalue weighted by Crippen LogP contribution is 2.13. The van der Waals surface area contributed by atoms with E-state index in [0.29, 0.717) is 12.6 Å². The molecule has 0 heterocycles. The van der Waals surface area contributed by atoms with Crippen molar-refractivity contribution in [1.82, 2.24) is 10.6 Å². The molecule has 0 radical (unpaired) electrons. The van der Waals surface area contributed by atoms with Crippen LogP contribution in [-0.2, 0) is 4.79 Å². The summed E-state index contributed by atoms with van der Waals surface area (Å²) >= 11 is 0. The van der Waals surface area contributed by atoms with Crippen molar-refractivity contribution in [2.24, 2.45) is 0 Å². The summed E-state index contributed by atoms with van der Waals surface area (Å²) in [7, 11) is 0. The Hall–Kier alpha value is -0.610. The zero-order chi connectivity index (χ0) is 11.9. The maximum Gasteiger partial charge on any atom is 0.234 e. The van der Waals surface area contributed by atoms with Crippen molar-refractivity contribution in [2.75, 3.05) is 13.2 Å². The number of rotatable bonds is 7. The molecule has 4 nitrogen and oxygen atoms in total. The van der Waals surface area contributed by atoms with Crippen LogP contribution < -0.4 is 10.6 Å². The van der Waals surface area contributed by atoms with Crippen LogP contribution in [0.3, 0.4) is 0 Å². The van der Waals surface area contributed by atoms with E-state index in [2.05, 4.69) is 10.6 Å². The van der Waals surface area contributed by atoms with Crippen LogP contribution in [0.1, 0.15) is 40.5 Å². The van der Waals surface area contributed by atoms with Crippen LogP contribution in [0.4, 0.5) is 0 Å². The fraction of sp³-hybridized carbons (Fsp3) is 0.909. The van der Waals surface area contributed by atoms with E-state index in [9.17, 15) is 9.90 Å². The van der Waals surface area contributed by atoms with E-state index in [4.69, 9.17) is 0 Å². The molecule has 0 aromatic carbocycles. The molecule has 0 saturated carbocycles. The Balaban J connectivity index is 4.11. The number of carbonyl (C=O) groups excluding carboxylic acids is 1. The fourth-order valence-corrected chi connectivity index (χ4v) is 1.33. The van der Waals surface area contributed by atoms with Crippen LogP contribution in [0.15, 0.2) is 0 Å². The van der Waals surface area contributed by atoms with Gasteiger partial charge in [0.25, 0.3) is 0 Å². The van der Waals surface area contributed by atoms with Gasteiger partial charge in [-0.1, -0.05) is 27.7 Å². The molecule has 0 fully saturated rings. The molecular formula is C11H24N2O2. The van der Waals surface area contributed by atoms with Crippen molar-refractivity contribution >= 4 is 5.91 Å². The highest BCUT2D eigenvalue weighted by atomic mass is 16.3. The van der Waals surface area contributed by atoms with E-state index >= 15 is 0 Å². The Bertz CT molecular complexity index is 181. The van der Waals surface area contributed by atoms with Gasteiger partial charge in [0.1, 0.15) is 0 Å². The van der Waals surface area contributed by atoms with Crippen molar-refractivity contribution in [2.45, 2.75) is 52.1 Å². The maximum atomic E-state index is 11.6. The second-order valence-corrected chi connectivity index (χ2v) is 4.23. The highest BCUT2D eigenvalue weighted by Gasteiger charge is 2.26. The molecule has 0 spiro atoms. The molecule has 0 aliphatic carbocycles. The van der Waals surface area contributed by atoms with Crippen LogP contribution in [-0.4, -0.2) is 35.7 Å². The van der Waals surface area contributed by atoms with Crippen LogP contribution >= 0.6 is 0 Å². The van der Waals surface area contributed by atoms with Crippen LogP contribution in [0.5, 0.6) is 0 Å². The predicted molar refractivity (Wildman–Crippen MR) is 61.7 cm³/mol.